The Balaban J connectivity index is 1.75. The van der Waals surface area contributed by atoms with Gasteiger partial charge in [-0.05, 0) is 66.9 Å². The molecule has 1 saturated heterocycles. The van der Waals surface area contributed by atoms with Crippen LogP contribution in [0, 0.1) is 0 Å². The Morgan fingerprint density at radius 3 is 2.64 bits per heavy atom. The molecular weight excluding hydrogens is 386 g/mol. The molecule has 0 aliphatic carbocycles. The van der Waals surface area contributed by atoms with Crippen molar-refractivity contribution in [2.24, 2.45) is 0 Å². The number of carbonyl (C=O) groups is 1. The Kier molecular flexibility index (Phi) is 3.79. The van der Waals surface area contributed by atoms with E-state index < -0.39 is 0 Å². The van der Waals surface area contributed by atoms with E-state index in [0.29, 0.717) is 33.3 Å². The Labute approximate surface area is 152 Å². The number of nitrogens with two attached hydrogens (primary N) is 1. The van der Waals surface area contributed by atoms with Gasteiger partial charge in [0.15, 0.2) is 16.1 Å². The minimum absolute atomic E-state index is 0.0167. The van der Waals surface area contributed by atoms with Crippen LogP contribution in [-0.2, 0) is 0 Å². The topological polar surface area (TPSA) is 89.7 Å². The second-order valence-electron chi connectivity index (χ2n) is 6.47. The van der Waals surface area contributed by atoms with Gasteiger partial charge in [-0.25, -0.2) is 4.98 Å². The lowest BCUT2D eigenvalue weighted by Crippen LogP contribution is -2.38. The van der Waals surface area contributed by atoms with E-state index in [1.165, 1.54) is 4.52 Å². The molecule has 1 fully saturated rings. The summed E-state index contributed by atoms with van der Waals surface area (Å²) in [5.74, 6) is 1.30. The number of rotatable bonds is 2. The van der Waals surface area contributed by atoms with Crippen molar-refractivity contribution in [3.05, 3.63) is 34.5 Å². The van der Waals surface area contributed by atoms with Crippen molar-refractivity contribution in [1.29, 1.82) is 0 Å². The molecule has 7 nitrogen and oxygen atoms in total. The number of carbonyl (C=O) groups excluding carboxylic acids is 1. The van der Waals surface area contributed by atoms with Crippen LogP contribution in [0.2, 0.25) is 0 Å². The number of aromatic nitrogens is 3. The van der Waals surface area contributed by atoms with Crippen molar-refractivity contribution in [2.75, 3.05) is 5.73 Å². The number of anilines is 1. The van der Waals surface area contributed by atoms with Gasteiger partial charge in [0.05, 0.1) is 0 Å². The van der Waals surface area contributed by atoms with Gasteiger partial charge in [-0.1, -0.05) is 0 Å². The van der Waals surface area contributed by atoms with Crippen LogP contribution in [0.25, 0.3) is 17.2 Å². The molecule has 0 bridgehead atoms. The fourth-order valence-corrected chi connectivity index (χ4v) is 3.72. The van der Waals surface area contributed by atoms with E-state index in [-0.39, 0.29) is 18.0 Å². The number of furan rings is 1. The minimum Gasteiger partial charge on any atom is -0.446 e. The number of pyridine rings is 1. The largest absolute Gasteiger partial charge is 0.446 e. The number of hydrogen-bond acceptors (Lipinski definition) is 5. The highest BCUT2D eigenvalue weighted by Crippen LogP contribution is 2.27. The Morgan fingerprint density at radius 2 is 2.00 bits per heavy atom. The van der Waals surface area contributed by atoms with Crippen molar-refractivity contribution in [3.8, 4) is 11.6 Å². The number of hydrogen-bond donors (Lipinski definition) is 1. The van der Waals surface area contributed by atoms with Crippen LogP contribution in [0.4, 0.5) is 5.82 Å². The molecule has 1 amide bonds. The van der Waals surface area contributed by atoms with Gasteiger partial charge in [-0.2, -0.15) is 4.52 Å². The SMILES string of the molecule is C[C@@H]1CC[C@@H](C)N1C(=O)c1cc(N)n2nc(-c3ccc(Br)o3)nc2c1. The van der Waals surface area contributed by atoms with Crippen molar-refractivity contribution >= 4 is 33.3 Å². The zero-order valence-electron chi connectivity index (χ0n) is 13.9. The van der Waals surface area contributed by atoms with Crippen LogP contribution >= 0.6 is 15.9 Å². The highest BCUT2D eigenvalue weighted by atomic mass is 79.9. The summed E-state index contributed by atoms with van der Waals surface area (Å²) in [4.78, 5) is 19.3. The fraction of sp³-hybridized carbons (Fsp3) is 0.353. The lowest BCUT2D eigenvalue weighted by Gasteiger charge is -2.26. The summed E-state index contributed by atoms with van der Waals surface area (Å²) in [5, 5.41) is 4.36. The molecule has 0 aromatic carbocycles. The minimum atomic E-state index is -0.0167. The third kappa shape index (κ3) is 2.70. The molecule has 0 saturated carbocycles. The average molecular weight is 404 g/mol. The maximum atomic E-state index is 12.9. The zero-order chi connectivity index (χ0) is 17.7. The van der Waals surface area contributed by atoms with Crippen LogP contribution in [-0.4, -0.2) is 37.5 Å². The number of nitrogen functional groups attached to an aromatic ring is 1. The first kappa shape index (κ1) is 16.1. The van der Waals surface area contributed by atoms with Crippen LogP contribution in [0.15, 0.2) is 33.4 Å². The van der Waals surface area contributed by atoms with Gasteiger partial charge in [-0.3, -0.25) is 4.79 Å². The van der Waals surface area contributed by atoms with Gasteiger partial charge in [0.2, 0.25) is 5.82 Å². The van der Waals surface area contributed by atoms with Crippen LogP contribution in [0.1, 0.15) is 37.0 Å². The van der Waals surface area contributed by atoms with Gasteiger partial charge >= 0.3 is 0 Å². The molecule has 3 aromatic rings. The first-order valence-electron chi connectivity index (χ1n) is 8.18. The van der Waals surface area contributed by atoms with E-state index >= 15 is 0 Å². The fourth-order valence-electron chi connectivity index (χ4n) is 3.42. The van der Waals surface area contributed by atoms with Gasteiger partial charge < -0.3 is 15.1 Å². The molecule has 2 N–H and O–H groups in total. The molecule has 0 spiro atoms. The van der Waals surface area contributed by atoms with E-state index in [1.54, 1.807) is 24.3 Å². The van der Waals surface area contributed by atoms with Crippen LogP contribution < -0.4 is 5.73 Å². The molecule has 0 unspecified atom stereocenters. The normalized spacial score (nSPS) is 20.5. The Bertz CT molecular complexity index is 953. The number of fused-ring (bicyclic) bond motifs is 1. The smallest absolute Gasteiger partial charge is 0.254 e. The van der Waals surface area contributed by atoms with Gasteiger partial charge in [-0.15, -0.1) is 5.10 Å². The highest BCUT2D eigenvalue weighted by molar-refractivity contribution is 9.10. The summed E-state index contributed by atoms with van der Waals surface area (Å²) in [6.07, 6.45) is 2.04. The van der Waals surface area contributed by atoms with E-state index in [1.807, 2.05) is 4.90 Å². The van der Waals surface area contributed by atoms with E-state index in [4.69, 9.17) is 10.2 Å². The first-order chi connectivity index (χ1) is 11.9. The van der Waals surface area contributed by atoms with Crippen molar-refractivity contribution in [1.82, 2.24) is 19.5 Å². The zero-order valence-corrected chi connectivity index (χ0v) is 15.5. The number of halogens is 1. The summed E-state index contributed by atoms with van der Waals surface area (Å²) in [6, 6.07) is 7.39. The summed E-state index contributed by atoms with van der Waals surface area (Å²) in [7, 11) is 0. The van der Waals surface area contributed by atoms with Crippen LogP contribution in [0.3, 0.4) is 0 Å². The molecule has 130 valence electrons. The highest BCUT2D eigenvalue weighted by Gasteiger charge is 2.32. The van der Waals surface area contributed by atoms with Crippen molar-refractivity contribution in [3.63, 3.8) is 0 Å². The molecule has 4 rings (SSSR count). The summed E-state index contributed by atoms with van der Waals surface area (Å²) in [6.45, 7) is 4.15. The summed E-state index contributed by atoms with van der Waals surface area (Å²) in [5.41, 5.74) is 7.16. The van der Waals surface area contributed by atoms with E-state index in [2.05, 4.69) is 39.9 Å². The molecule has 0 radical (unpaired) electrons. The van der Waals surface area contributed by atoms with Gasteiger partial charge in [0.25, 0.3) is 5.91 Å². The molecule has 25 heavy (non-hydrogen) atoms. The predicted octanol–water partition coefficient (Wildman–Crippen LogP) is 3.35. The molecule has 1 aliphatic rings. The van der Waals surface area contributed by atoms with Crippen molar-refractivity contribution < 1.29 is 9.21 Å². The summed E-state index contributed by atoms with van der Waals surface area (Å²) < 4.78 is 7.60. The Hall–Kier alpha value is -2.35. The van der Waals surface area contributed by atoms with Gasteiger partial charge in [0.1, 0.15) is 5.82 Å². The number of nitrogens with zero attached hydrogens (tertiary/aromatic N) is 4. The number of amides is 1. The maximum Gasteiger partial charge on any atom is 0.254 e. The van der Waals surface area contributed by atoms with Gasteiger partial charge in [0, 0.05) is 17.6 Å². The van der Waals surface area contributed by atoms with E-state index in [9.17, 15) is 4.79 Å². The predicted molar refractivity (Wildman–Crippen MR) is 97.1 cm³/mol. The first-order valence-corrected chi connectivity index (χ1v) is 8.98. The number of likely N-dealkylation sites (tertiary alicyclic amines) is 1. The maximum absolute atomic E-state index is 12.9. The molecule has 3 aromatic heterocycles. The third-order valence-corrected chi connectivity index (χ3v) is 5.12. The third-order valence-electron chi connectivity index (χ3n) is 4.69. The van der Waals surface area contributed by atoms with Crippen molar-refractivity contribution in [2.45, 2.75) is 38.8 Å². The standard InChI is InChI=1S/C17H18BrN5O2/c1-9-3-4-10(2)22(9)17(24)11-7-14(19)23-15(8-11)20-16(21-23)12-5-6-13(18)25-12/h5-10H,3-4,19H2,1-2H3/t9-,10-/m1/s1. The van der Waals surface area contributed by atoms with Crippen LogP contribution in [0.5, 0.6) is 0 Å². The molecule has 4 heterocycles. The lowest BCUT2D eigenvalue weighted by atomic mass is 10.2. The second kappa shape index (κ2) is 5.87. The monoisotopic (exact) mass is 403 g/mol. The molecule has 2 atom stereocenters. The van der Waals surface area contributed by atoms with E-state index in [0.717, 1.165) is 12.8 Å². The quantitative estimate of drug-likeness (QED) is 0.708. The second-order valence-corrected chi connectivity index (χ2v) is 7.25. The molecule has 1 aliphatic heterocycles. The lowest BCUT2D eigenvalue weighted by molar-refractivity contribution is 0.0693. The summed E-state index contributed by atoms with van der Waals surface area (Å²) >= 11 is 3.26. The average Bonchev–Trinajstić information content (AvgIpc) is 3.26. The Morgan fingerprint density at radius 1 is 1.28 bits per heavy atom. The molecular formula is C17H18BrN5O2. The molecule has 8 heteroatoms.